The van der Waals surface area contributed by atoms with E-state index in [1.165, 1.54) is 4.90 Å². The number of amides is 1. The third-order valence-electron chi connectivity index (χ3n) is 3.09. The van der Waals surface area contributed by atoms with Gasteiger partial charge in [-0.2, -0.15) is 5.10 Å². The van der Waals surface area contributed by atoms with E-state index in [0.29, 0.717) is 5.82 Å². The highest BCUT2D eigenvalue weighted by Crippen LogP contribution is 2.27. The number of anilines is 1. The van der Waals surface area contributed by atoms with Crippen molar-refractivity contribution in [2.24, 2.45) is 5.14 Å². The quantitative estimate of drug-likeness (QED) is 0.829. The topological polar surface area (TPSA) is 98.3 Å². The van der Waals surface area contributed by atoms with Crippen molar-refractivity contribution in [1.82, 2.24) is 9.78 Å². The van der Waals surface area contributed by atoms with Gasteiger partial charge in [0.2, 0.25) is 15.9 Å². The Kier molecular flexibility index (Phi) is 3.18. The molecule has 7 nitrogen and oxygen atoms in total. The summed E-state index contributed by atoms with van der Waals surface area (Å²) < 4.78 is 24.4. The maximum Gasteiger partial charge on any atom is 0.229 e. The molecule has 1 saturated heterocycles. The number of nitrogens with two attached hydrogens (primary N) is 1. The van der Waals surface area contributed by atoms with Crippen molar-refractivity contribution in [3.05, 3.63) is 12.3 Å². The predicted octanol–water partition coefficient (Wildman–Crippen LogP) is 0.0319. The van der Waals surface area contributed by atoms with Gasteiger partial charge < -0.3 is 0 Å². The number of rotatable bonds is 2. The van der Waals surface area contributed by atoms with E-state index in [0.717, 1.165) is 0 Å². The first-order valence-corrected chi connectivity index (χ1v) is 7.58. The van der Waals surface area contributed by atoms with Crippen LogP contribution in [0.4, 0.5) is 5.82 Å². The molecule has 0 aromatic carbocycles. The number of nitrogens with zero attached hydrogens (tertiary/aromatic N) is 3. The average Bonchev–Trinajstić information content (AvgIpc) is 2.80. The Balaban J connectivity index is 2.35. The standard InChI is InChI=1S/C11H18N4O3S/c1-11(2,3)15-9(4-5-13-15)14-7-8(6-10(14)16)19(12,17)18/h4-5,8H,6-7H2,1-3H3,(H2,12,17,18). The Labute approximate surface area is 112 Å². The van der Waals surface area contributed by atoms with Gasteiger partial charge in [0.05, 0.1) is 11.7 Å². The highest BCUT2D eigenvalue weighted by molar-refractivity contribution is 7.89. The number of aromatic nitrogens is 2. The zero-order chi connectivity index (χ0) is 14.4. The fourth-order valence-corrected chi connectivity index (χ4v) is 2.87. The maximum atomic E-state index is 12.0. The van der Waals surface area contributed by atoms with E-state index in [1.807, 2.05) is 20.8 Å². The lowest BCUT2D eigenvalue weighted by Gasteiger charge is -2.26. The van der Waals surface area contributed by atoms with E-state index in [1.54, 1.807) is 16.9 Å². The Hall–Kier alpha value is -1.41. The van der Waals surface area contributed by atoms with Crippen LogP contribution < -0.4 is 10.0 Å². The molecule has 1 atom stereocenters. The molecule has 2 N–H and O–H groups in total. The molecule has 0 bridgehead atoms. The van der Waals surface area contributed by atoms with Gasteiger partial charge in [0.25, 0.3) is 0 Å². The monoisotopic (exact) mass is 286 g/mol. The summed E-state index contributed by atoms with van der Waals surface area (Å²) in [6.07, 6.45) is 1.52. The van der Waals surface area contributed by atoms with E-state index in [2.05, 4.69) is 5.10 Å². The molecule has 0 radical (unpaired) electrons. The number of sulfonamides is 1. The van der Waals surface area contributed by atoms with Crippen LogP contribution in [0.3, 0.4) is 0 Å². The van der Waals surface area contributed by atoms with Crippen LogP contribution in [0.15, 0.2) is 12.3 Å². The molecule has 2 rings (SSSR count). The Bertz CT molecular complexity index is 600. The molecular weight excluding hydrogens is 268 g/mol. The van der Waals surface area contributed by atoms with Gasteiger partial charge in [0.1, 0.15) is 11.1 Å². The van der Waals surface area contributed by atoms with Gasteiger partial charge in [-0.3, -0.25) is 9.69 Å². The van der Waals surface area contributed by atoms with Crippen molar-refractivity contribution < 1.29 is 13.2 Å². The first kappa shape index (κ1) is 14.0. The molecule has 1 aliphatic heterocycles. The van der Waals surface area contributed by atoms with Crippen molar-refractivity contribution in [1.29, 1.82) is 0 Å². The average molecular weight is 286 g/mol. The van der Waals surface area contributed by atoms with E-state index in [-0.39, 0.29) is 24.4 Å². The second kappa shape index (κ2) is 4.31. The number of hydrogen-bond donors (Lipinski definition) is 1. The van der Waals surface area contributed by atoms with E-state index in [4.69, 9.17) is 5.14 Å². The lowest BCUT2D eigenvalue weighted by Crippen LogP contribution is -2.35. The van der Waals surface area contributed by atoms with E-state index in [9.17, 15) is 13.2 Å². The zero-order valence-corrected chi connectivity index (χ0v) is 12.0. The summed E-state index contributed by atoms with van der Waals surface area (Å²) in [7, 11) is -3.70. The van der Waals surface area contributed by atoms with E-state index >= 15 is 0 Å². The van der Waals surface area contributed by atoms with Crippen LogP contribution in [0.5, 0.6) is 0 Å². The van der Waals surface area contributed by atoms with Crippen LogP contribution in [-0.4, -0.2) is 35.9 Å². The molecular formula is C11H18N4O3S. The summed E-state index contributed by atoms with van der Waals surface area (Å²) in [5.74, 6) is 0.355. The van der Waals surface area contributed by atoms with Gasteiger partial charge in [0.15, 0.2) is 0 Å². The van der Waals surface area contributed by atoms with Gasteiger partial charge >= 0.3 is 0 Å². The third-order valence-corrected chi connectivity index (χ3v) is 4.33. The smallest absolute Gasteiger partial charge is 0.229 e. The van der Waals surface area contributed by atoms with Gasteiger partial charge in [0, 0.05) is 19.0 Å². The molecule has 2 heterocycles. The van der Waals surface area contributed by atoms with Crippen molar-refractivity contribution in [2.45, 2.75) is 38.0 Å². The molecule has 19 heavy (non-hydrogen) atoms. The molecule has 8 heteroatoms. The molecule has 1 fully saturated rings. The lowest BCUT2D eigenvalue weighted by molar-refractivity contribution is -0.117. The molecule has 0 saturated carbocycles. The van der Waals surface area contributed by atoms with Crippen LogP contribution in [0, 0.1) is 0 Å². The van der Waals surface area contributed by atoms with Crippen LogP contribution in [0.25, 0.3) is 0 Å². The fraction of sp³-hybridized carbons (Fsp3) is 0.636. The zero-order valence-electron chi connectivity index (χ0n) is 11.2. The first-order valence-electron chi connectivity index (χ1n) is 5.97. The SMILES string of the molecule is CC(C)(C)n1nccc1N1CC(S(N)(=O)=O)CC1=O. The Morgan fingerprint density at radius 1 is 1.42 bits per heavy atom. The molecule has 106 valence electrons. The summed E-state index contributed by atoms with van der Waals surface area (Å²) in [4.78, 5) is 13.4. The van der Waals surface area contributed by atoms with Crippen LogP contribution in [0.2, 0.25) is 0 Å². The number of hydrogen-bond acceptors (Lipinski definition) is 4. The number of primary sulfonamides is 1. The van der Waals surface area contributed by atoms with Crippen molar-refractivity contribution >= 4 is 21.7 Å². The van der Waals surface area contributed by atoms with Crippen LogP contribution in [0.1, 0.15) is 27.2 Å². The summed E-state index contributed by atoms with van der Waals surface area (Å²) in [6, 6.07) is 1.70. The minimum atomic E-state index is -3.70. The molecule has 1 aliphatic rings. The van der Waals surface area contributed by atoms with Gasteiger partial charge in [-0.1, -0.05) is 0 Å². The summed E-state index contributed by atoms with van der Waals surface area (Å²) >= 11 is 0. The number of carbonyl (C=O) groups is 1. The molecule has 0 spiro atoms. The molecule has 1 aromatic heterocycles. The fourth-order valence-electron chi connectivity index (χ4n) is 2.13. The highest BCUT2D eigenvalue weighted by Gasteiger charge is 2.39. The summed E-state index contributed by atoms with van der Waals surface area (Å²) in [5, 5.41) is 8.46. The summed E-state index contributed by atoms with van der Waals surface area (Å²) in [5.41, 5.74) is -0.293. The predicted molar refractivity (Wildman–Crippen MR) is 71.1 cm³/mol. The highest BCUT2D eigenvalue weighted by atomic mass is 32.2. The second-order valence-corrected chi connectivity index (χ2v) is 7.54. The number of carbonyl (C=O) groups excluding carboxylic acids is 1. The molecule has 0 aliphatic carbocycles. The summed E-state index contributed by atoms with van der Waals surface area (Å²) in [6.45, 7) is 5.96. The van der Waals surface area contributed by atoms with Gasteiger partial charge in [-0.05, 0) is 20.8 Å². The van der Waals surface area contributed by atoms with Crippen LogP contribution >= 0.6 is 0 Å². The minimum Gasteiger partial charge on any atom is -0.296 e. The van der Waals surface area contributed by atoms with Crippen LogP contribution in [-0.2, 0) is 20.4 Å². The van der Waals surface area contributed by atoms with Crippen molar-refractivity contribution in [3.8, 4) is 0 Å². The minimum absolute atomic E-state index is 0.0752. The molecule has 1 aromatic rings. The first-order chi connectivity index (χ1) is 8.60. The van der Waals surface area contributed by atoms with Crippen molar-refractivity contribution in [2.75, 3.05) is 11.4 Å². The van der Waals surface area contributed by atoms with Crippen molar-refractivity contribution in [3.63, 3.8) is 0 Å². The normalized spacial score (nSPS) is 21.2. The van der Waals surface area contributed by atoms with Gasteiger partial charge in [-0.25, -0.2) is 18.2 Å². The third kappa shape index (κ3) is 2.64. The molecule has 1 unspecified atom stereocenters. The molecule has 1 amide bonds. The van der Waals surface area contributed by atoms with E-state index < -0.39 is 15.3 Å². The Morgan fingerprint density at radius 3 is 2.53 bits per heavy atom. The largest absolute Gasteiger partial charge is 0.296 e. The second-order valence-electron chi connectivity index (χ2n) is 5.69. The van der Waals surface area contributed by atoms with Gasteiger partial charge in [-0.15, -0.1) is 0 Å². The maximum absolute atomic E-state index is 12.0. The Morgan fingerprint density at radius 2 is 2.05 bits per heavy atom. The lowest BCUT2D eigenvalue weighted by atomic mass is 10.1.